The molecular weight excluding hydrogens is 240 g/mol. The molecule has 0 atom stereocenters. The van der Waals surface area contributed by atoms with Crippen LogP contribution in [-0.4, -0.2) is 24.5 Å². The van der Waals surface area contributed by atoms with Gasteiger partial charge in [-0.3, -0.25) is 4.79 Å². The average Bonchev–Trinajstić information content (AvgIpc) is 2.34. The van der Waals surface area contributed by atoms with Crippen LogP contribution in [0.1, 0.15) is 16.8 Å². The lowest BCUT2D eigenvalue weighted by Crippen LogP contribution is -2.24. The largest absolute Gasteiger partial charge is 0.480 e. The summed E-state index contributed by atoms with van der Waals surface area (Å²) in [7, 11) is 1.47. The highest BCUT2D eigenvalue weighted by Gasteiger charge is 2.09. The van der Waals surface area contributed by atoms with Crippen LogP contribution in [0.3, 0.4) is 0 Å². The Morgan fingerprint density at radius 3 is 3.12 bits per heavy atom. The highest BCUT2D eigenvalue weighted by molar-refractivity contribution is 6.32. The molecule has 1 amide bonds. The van der Waals surface area contributed by atoms with Gasteiger partial charge in [-0.15, -0.1) is 5.73 Å². The highest BCUT2D eigenvalue weighted by Crippen LogP contribution is 2.21. The lowest BCUT2D eigenvalue weighted by Gasteiger charge is -2.05. The SMILES string of the molecule is C=C=CCCNC(=O)c1cnc(OC)c(Cl)c1. The monoisotopic (exact) mass is 252 g/mol. The van der Waals surface area contributed by atoms with Crippen molar-refractivity contribution in [1.82, 2.24) is 10.3 Å². The summed E-state index contributed by atoms with van der Waals surface area (Å²) in [6, 6.07) is 1.52. The number of pyridine rings is 1. The second-order valence-corrected chi connectivity index (χ2v) is 3.58. The molecule has 1 aromatic heterocycles. The molecule has 0 saturated heterocycles. The van der Waals surface area contributed by atoms with Gasteiger partial charge in [0.05, 0.1) is 12.7 Å². The van der Waals surface area contributed by atoms with Gasteiger partial charge in [0.2, 0.25) is 5.88 Å². The molecule has 0 aliphatic rings. The van der Waals surface area contributed by atoms with Gasteiger partial charge in [0.15, 0.2) is 0 Å². The summed E-state index contributed by atoms with van der Waals surface area (Å²) in [5.74, 6) is 0.0809. The van der Waals surface area contributed by atoms with Gasteiger partial charge in [-0.2, -0.15) is 0 Å². The Morgan fingerprint density at radius 1 is 1.76 bits per heavy atom. The summed E-state index contributed by atoms with van der Waals surface area (Å²) in [5.41, 5.74) is 3.03. The zero-order valence-corrected chi connectivity index (χ0v) is 10.3. The summed E-state index contributed by atoms with van der Waals surface area (Å²) in [4.78, 5) is 15.6. The van der Waals surface area contributed by atoms with E-state index in [9.17, 15) is 4.79 Å². The maximum absolute atomic E-state index is 11.7. The lowest BCUT2D eigenvalue weighted by molar-refractivity contribution is 0.0954. The number of hydrogen-bond donors (Lipinski definition) is 1. The first-order chi connectivity index (χ1) is 8.19. The van der Waals surface area contributed by atoms with Gasteiger partial charge in [-0.05, 0) is 18.6 Å². The number of carbonyl (C=O) groups excluding carboxylic acids is 1. The van der Waals surface area contributed by atoms with E-state index in [-0.39, 0.29) is 5.91 Å². The first-order valence-electron chi connectivity index (χ1n) is 5.01. The molecule has 1 heterocycles. The minimum atomic E-state index is -0.223. The normalized spacial score (nSPS) is 9.29. The van der Waals surface area contributed by atoms with Crippen LogP contribution in [0.2, 0.25) is 5.02 Å². The van der Waals surface area contributed by atoms with Crippen LogP contribution >= 0.6 is 11.6 Å². The quantitative estimate of drug-likeness (QED) is 0.646. The van der Waals surface area contributed by atoms with E-state index in [1.807, 2.05) is 0 Å². The fourth-order valence-corrected chi connectivity index (χ4v) is 1.41. The average molecular weight is 253 g/mol. The van der Waals surface area contributed by atoms with Crippen LogP contribution in [-0.2, 0) is 0 Å². The number of carbonyl (C=O) groups is 1. The molecule has 5 heteroatoms. The van der Waals surface area contributed by atoms with Crippen molar-refractivity contribution in [2.75, 3.05) is 13.7 Å². The van der Waals surface area contributed by atoms with Crippen LogP contribution < -0.4 is 10.1 Å². The molecule has 4 nitrogen and oxygen atoms in total. The number of aromatic nitrogens is 1. The molecule has 0 fully saturated rings. The minimum Gasteiger partial charge on any atom is -0.480 e. The second-order valence-electron chi connectivity index (χ2n) is 3.17. The predicted octanol–water partition coefficient (Wildman–Crippen LogP) is 2.20. The highest BCUT2D eigenvalue weighted by atomic mass is 35.5. The third-order valence-corrected chi connectivity index (χ3v) is 2.25. The molecule has 1 rings (SSSR count). The summed E-state index contributed by atoms with van der Waals surface area (Å²) in [5, 5.41) is 3.03. The van der Waals surface area contributed by atoms with Crippen molar-refractivity contribution in [2.24, 2.45) is 0 Å². The van der Waals surface area contributed by atoms with E-state index in [0.717, 1.165) is 0 Å². The zero-order valence-electron chi connectivity index (χ0n) is 9.50. The Kier molecular flexibility index (Phi) is 5.27. The molecule has 0 bridgehead atoms. The molecular formula is C12H13ClN2O2. The number of nitrogens with one attached hydrogen (secondary N) is 1. The predicted molar refractivity (Wildman–Crippen MR) is 66.5 cm³/mol. The van der Waals surface area contributed by atoms with E-state index in [4.69, 9.17) is 16.3 Å². The summed E-state index contributed by atoms with van der Waals surface area (Å²) in [6.07, 6.45) is 3.86. The Morgan fingerprint density at radius 2 is 2.53 bits per heavy atom. The first-order valence-corrected chi connectivity index (χ1v) is 5.39. The van der Waals surface area contributed by atoms with Crippen LogP contribution in [0.5, 0.6) is 5.88 Å². The Labute approximate surface area is 105 Å². The van der Waals surface area contributed by atoms with Crippen LogP contribution in [0.15, 0.2) is 30.6 Å². The van der Waals surface area contributed by atoms with E-state index in [1.165, 1.54) is 19.4 Å². The minimum absolute atomic E-state index is 0.223. The zero-order chi connectivity index (χ0) is 12.7. The van der Waals surface area contributed by atoms with Gasteiger partial charge in [0.25, 0.3) is 5.91 Å². The molecule has 17 heavy (non-hydrogen) atoms. The standard InChI is InChI=1S/C12H13ClN2O2/c1-3-4-5-6-14-11(16)9-7-10(13)12(17-2)15-8-9/h4,7-8H,1,5-6H2,2H3,(H,14,16). The van der Waals surface area contributed by atoms with Crippen molar-refractivity contribution in [2.45, 2.75) is 6.42 Å². The fourth-order valence-electron chi connectivity index (χ4n) is 1.16. The Balaban J connectivity index is 2.63. The molecule has 0 aliphatic carbocycles. The van der Waals surface area contributed by atoms with Crippen molar-refractivity contribution in [1.29, 1.82) is 0 Å². The van der Waals surface area contributed by atoms with Gasteiger partial charge in [-0.1, -0.05) is 18.2 Å². The second kappa shape index (κ2) is 6.74. The smallest absolute Gasteiger partial charge is 0.252 e. The number of amides is 1. The molecule has 0 spiro atoms. The first kappa shape index (κ1) is 13.3. The topological polar surface area (TPSA) is 51.2 Å². The van der Waals surface area contributed by atoms with Gasteiger partial charge < -0.3 is 10.1 Å². The van der Waals surface area contributed by atoms with E-state index in [0.29, 0.717) is 29.4 Å². The van der Waals surface area contributed by atoms with Gasteiger partial charge >= 0.3 is 0 Å². The number of rotatable bonds is 5. The summed E-state index contributed by atoms with van der Waals surface area (Å²) >= 11 is 5.87. The van der Waals surface area contributed by atoms with Gasteiger partial charge in [-0.25, -0.2) is 4.98 Å². The van der Waals surface area contributed by atoms with Crippen LogP contribution in [0.25, 0.3) is 0 Å². The van der Waals surface area contributed by atoms with Crippen molar-refractivity contribution in [3.05, 3.63) is 41.2 Å². The molecule has 1 N–H and O–H groups in total. The molecule has 90 valence electrons. The van der Waals surface area contributed by atoms with Crippen molar-refractivity contribution in [3.63, 3.8) is 0 Å². The third-order valence-electron chi connectivity index (χ3n) is 1.98. The number of methoxy groups -OCH3 is 1. The van der Waals surface area contributed by atoms with Gasteiger partial charge in [0, 0.05) is 12.7 Å². The maximum atomic E-state index is 11.7. The number of ether oxygens (including phenoxy) is 1. The Bertz CT molecular complexity index is 454. The molecule has 1 aromatic rings. The summed E-state index contributed by atoms with van der Waals surface area (Å²) < 4.78 is 4.90. The molecule has 0 aliphatic heterocycles. The van der Waals surface area contributed by atoms with Crippen molar-refractivity contribution >= 4 is 17.5 Å². The summed E-state index contributed by atoms with van der Waals surface area (Å²) in [6.45, 7) is 3.95. The number of halogens is 1. The van der Waals surface area contributed by atoms with E-state index in [2.05, 4.69) is 22.6 Å². The Hall–Kier alpha value is -1.77. The molecule has 0 radical (unpaired) electrons. The molecule has 0 unspecified atom stereocenters. The third kappa shape index (κ3) is 3.94. The fraction of sp³-hybridized carbons (Fsp3) is 0.250. The van der Waals surface area contributed by atoms with Crippen molar-refractivity contribution in [3.8, 4) is 5.88 Å². The number of hydrogen-bond acceptors (Lipinski definition) is 3. The van der Waals surface area contributed by atoms with E-state index >= 15 is 0 Å². The van der Waals surface area contributed by atoms with Crippen LogP contribution in [0.4, 0.5) is 0 Å². The van der Waals surface area contributed by atoms with Crippen LogP contribution in [0, 0.1) is 0 Å². The van der Waals surface area contributed by atoms with Gasteiger partial charge in [0.1, 0.15) is 5.02 Å². The number of nitrogens with zero attached hydrogens (tertiary/aromatic N) is 1. The van der Waals surface area contributed by atoms with E-state index < -0.39 is 0 Å². The van der Waals surface area contributed by atoms with Crippen molar-refractivity contribution < 1.29 is 9.53 Å². The maximum Gasteiger partial charge on any atom is 0.252 e. The molecule has 0 aromatic carbocycles. The lowest BCUT2D eigenvalue weighted by atomic mass is 10.2. The van der Waals surface area contributed by atoms with E-state index in [1.54, 1.807) is 6.08 Å². The molecule has 0 saturated carbocycles.